The van der Waals surface area contributed by atoms with Crippen LogP contribution >= 0.6 is 27.5 Å². The number of aryl methyl sites for hydroxylation is 1. The summed E-state index contributed by atoms with van der Waals surface area (Å²) >= 11 is 8.65. The standard InChI is InChI=1S/C10H10BrClFNO/c1-5-3-7(11)8(13)4-9(5)14-10(15)6(2)12/h3-4,6H,1-2H3,(H,14,15). The number of alkyl halides is 1. The van der Waals surface area contributed by atoms with Gasteiger partial charge in [0.15, 0.2) is 0 Å². The van der Waals surface area contributed by atoms with Crippen LogP contribution in [0.15, 0.2) is 16.6 Å². The Labute approximate surface area is 101 Å². The smallest absolute Gasteiger partial charge is 0.242 e. The zero-order valence-corrected chi connectivity index (χ0v) is 10.6. The van der Waals surface area contributed by atoms with Crippen LogP contribution in [0.2, 0.25) is 0 Å². The summed E-state index contributed by atoms with van der Waals surface area (Å²) < 4.78 is 13.6. The van der Waals surface area contributed by atoms with Crippen molar-refractivity contribution in [3.63, 3.8) is 0 Å². The summed E-state index contributed by atoms with van der Waals surface area (Å²) in [6.45, 7) is 3.33. The highest BCUT2D eigenvalue weighted by Gasteiger charge is 2.12. The third kappa shape index (κ3) is 3.18. The van der Waals surface area contributed by atoms with E-state index in [4.69, 9.17) is 11.6 Å². The van der Waals surface area contributed by atoms with Gasteiger partial charge in [0.2, 0.25) is 5.91 Å². The van der Waals surface area contributed by atoms with Crippen LogP contribution in [0.25, 0.3) is 0 Å². The molecule has 0 radical (unpaired) electrons. The summed E-state index contributed by atoms with van der Waals surface area (Å²) in [4.78, 5) is 11.3. The second kappa shape index (κ2) is 4.94. The predicted molar refractivity (Wildman–Crippen MR) is 62.8 cm³/mol. The van der Waals surface area contributed by atoms with Gasteiger partial charge in [-0.1, -0.05) is 0 Å². The summed E-state index contributed by atoms with van der Waals surface area (Å²) in [5, 5.41) is 1.90. The topological polar surface area (TPSA) is 29.1 Å². The molecule has 0 aliphatic carbocycles. The number of anilines is 1. The maximum absolute atomic E-state index is 13.2. The lowest BCUT2D eigenvalue weighted by atomic mass is 10.2. The van der Waals surface area contributed by atoms with Gasteiger partial charge in [-0.3, -0.25) is 4.79 Å². The molecule has 0 saturated carbocycles. The molecule has 0 heterocycles. The molecule has 0 aromatic heterocycles. The highest BCUT2D eigenvalue weighted by molar-refractivity contribution is 9.10. The molecule has 1 aromatic rings. The molecule has 0 fully saturated rings. The first kappa shape index (κ1) is 12.5. The van der Waals surface area contributed by atoms with E-state index in [2.05, 4.69) is 21.2 Å². The van der Waals surface area contributed by atoms with Crippen LogP contribution < -0.4 is 5.32 Å². The van der Waals surface area contributed by atoms with Gasteiger partial charge in [0.1, 0.15) is 11.2 Å². The highest BCUT2D eigenvalue weighted by Crippen LogP contribution is 2.24. The lowest BCUT2D eigenvalue weighted by Crippen LogP contribution is -2.20. The van der Waals surface area contributed by atoms with Crippen molar-refractivity contribution in [2.24, 2.45) is 0 Å². The van der Waals surface area contributed by atoms with Crippen molar-refractivity contribution in [2.75, 3.05) is 5.32 Å². The molecule has 1 atom stereocenters. The van der Waals surface area contributed by atoms with Crippen LogP contribution in [0.3, 0.4) is 0 Å². The molecule has 1 unspecified atom stereocenters. The average Bonchev–Trinajstić information content (AvgIpc) is 2.13. The normalized spacial score (nSPS) is 12.3. The molecule has 1 N–H and O–H groups in total. The monoisotopic (exact) mass is 293 g/mol. The average molecular weight is 295 g/mol. The van der Waals surface area contributed by atoms with E-state index in [1.165, 1.54) is 6.07 Å². The number of hydrogen-bond donors (Lipinski definition) is 1. The Kier molecular flexibility index (Phi) is 4.11. The molecule has 1 aromatic carbocycles. The van der Waals surface area contributed by atoms with E-state index < -0.39 is 11.2 Å². The van der Waals surface area contributed by atoms with Gasteiger partial charge in [0.05, 0.1) is 4.47 Å². The number of nitrogens with one attached hydrogen (secondary N) is 1. The Morgan fingerprint density at radius 2 is 2.20 bits per heavy atom. The van der Waals surface area contributed by atoms with Crippen molar-refractivity contribution in [3.05, 3.63) is 28.0 Å². The maximum atomic E-state index is 13.2. The first-order valence-corrected chi connectivity index (χ1v) is 5.55. The van der Waals surface area contributed by atoms with Crippen molar-refractivity contribution in [1.29, 1.82) is 0 Å². The molecule has 2 nitrogen and oxygen atoms in total. The SMILES string of the molecule is Cc1cc(Br)c(F)cc1NC(=O)C(C)Cl. The summed E-state index contributed by atoms with van der Waals surface area (Å²) in [6, 6.07) is 2.86. The van der Waals surface area contributed by atoms with E-state index in [1.54, 1.807) is 19.9 Å². The second-order valence-electron chi connectivity index (χ2n) is 3.19. The lowest BCUT2D eigenvalue weighted by Gasteiger charge is -2.10. The van der Waals surface area contributed by atoms with Gasteiger partial charge in [0, 0.05) is 5.69 Å². The molecule has 0 aliphatic rings. The van der Waals surface area contributed by atoms with Crippen LogP contribution in [0.5, 0.6) is 0 Å². The number of hydrogen-bond acceptors (Lipinski definition) is 1. The Morgan fingerprint density at radius 1 is 1.60 bits per heavy atom. The molecule has 0 aliphatic heterocycles. The summed E-state index contributed by atoms with van der Waals surface area (Å²) in [5.74, 6) is -0.764. The number of rotatable bonds is 2. The number of benzene rings is 1. The van der Waals surface area contributed by atoms with Crippen LogP contribution in [0.4, 0.5) is 10.1 Å². The van der Waals surface area contributed by atoms with Crippen molar-refractivity contribution in [1.82, 2.24) is 0 Å². The minimum atomic E-state index is -0.642. The van der Waals surface area contributed by atoms with Crippen LogP contribution in [0.1, 0.15) is 12.5 Å². The van der Waals surface area contributed by atoms with Crippen molar-refractivity contribution < 1.29 is 9.18 Å². The van der Waals surface area contributed by atoms with Crippen molar-refractivity contribution in [2.45, 2.75) is 19.2 Å². The van der Waals surface area contributed by atoms with Gasteiger partial charge >= 0.3 is 0 Å². The molecule has 0 saturated heterocycles. The molecule has 0 spiro atoms. The van der Waals surface area contributed by atoms with Gasteiger partial charge in [-0.25, -0.2) is 4.39 Å². The molecule has 1 rings (SSSR count). The Hall–Kier alpha value is -0.610. The predicted octanol–water partition coefficient (Wildman–Crippen LogP) is 3.46. The van der Waals surface area contributed by atoms with Gasteiger partial charge in [-0.2, -0.15) is 0 Å². The zero-order chi connectivity index (χ0) is 11.6. The van der Waals surface area contributed by atoms with Gasteiger partial charge in [0.25, 0.3) is 0 Å². The largest absolute Gasteiger partial charge is 0.324 e. The van der Waals surface area contributed by atoms with E-state index in [0.29, 0.717) is 10.2 Å². The van der Waals surface area contributed by atoms with Gasteiger partial charge in [-0.15, -0.1) is 11.6 Å². The van der Waals surface area contributed by atoms with Crippen LogP contribution in [-0.2, 0) is 4.79 Å². The van der Waals surface area contributed by atoms with E-state index in [1.807, 2.05) is 0 Å². The minimum absolute atomic E-state index is 0.346. The maximum Gasteiger partial charge on any atom is 0.242 e. The number of carbonyl (C=O) groups excluding carboxylic acids is 1. The molecule has 0 bridgehead atoms. The highest BCUT2D eigenvalue weighted by atomic mass is 79.9. The van der Waals surface area contributed by atoms with E-state index in [0.717, 1.165) is 5.56 Å². The minimum Gasteiger partial charge on any atom is -0.324 e. The Morgan fingerprint density at radius 3 is 2.73 bits per heavy atom. The fourth-order valence-electron chi connectivity index (χ4n) is 1.01. The van der Waals surface area contributed by atoms with Crippen LogP contribution in [0, 0.1) is 12.7 Å². The summed E-state index contributed by atoms with van der Waals surface area (Å²) in [5.41, 5.74) is 1.21. The number of amides is 1. The second-order valence-corrected chi connectivity index (χ2v) is 4.70. The fraction of sp³-hybridized carbons (Fsp3) is 0.300. The molecule has 5 heteroatoms. The molecule has 15 heavy (non-hydrogen) atoms. The molecule has 82 valence electrons. The molecular weight excluding hydrogens is 284 g/mol. The number of halogens is 3. The molecular formula is C10H10BrClFNO. The molecule has 1 amide bonds. The third-order valence-electron chi connectivity index (χ3n) is 1.89. The third-order valence-corrected chi connectivity index (χ3v) is 2.69. The quantitative estimate of drug-likeness (QED) is 0.832. The van der Waals surface area contributed by atoms with Gasteiger partial charge < -0.3 is 5.32 Å². The van der Waals surface area contributed by atoms with Crippen LogP contribution in [-0.4, -0.2) is 11.3 Å². The lowest BCUT2D eigenvalue weighted by molar-refractivity contribution is -0.115. The van der Waals surface area contributed by atoms with Crippen molar-refractivity contribution in [3.8, 4) is 0 Å². The zero-order valence-electron chi connectivity index (χ0n) is 8.27. The number of carbonyl (C=O) groups is 1. The Bertz CT molecular complexity index is 395. The van der Waals surface area contributed by atoms with Gasteiger partial charge in [-0.05, 0) is 47.5 Å². The van der Waals surface area contributed by atoms with Crippen molar-refractivity contribution >= 4 is 39.1 Å². The first-order chi connectivity index (χ1) is 6.91. The fourth-order valence-corrected chi connectivity index (χ4v) is 1.53. The summed E-state index contributed by atoms with van der Waals surface area (Å²) in [6.07, 6.45) is 0. The Balaban J connectivity index is 2.96. The van der Waals surface area contributed by atoms with E-state index in [9.17, 15) is 9.18 Å². The van der Waals surface area contributed by atoms with E-state index in [-0.39, 0.29) is 5.91 Å². The first-order valence-electron chi connectivity index (χ1n) is 4.32. The van der Waals surface area contributed by atoms with E-state index >= 15 is 0 Å². The summed E-state index contributed by atoms with van der Waals surface area (Å²) in [7, 11) is 0.